The molecule has 102 valence electrons. The maximum atomic E-state index is 11.0. The van der Waals surface area contributed by atoms with Gasteiger partial charge in [0.05, 0.1) is 15.4 Å². The highest BCUT2D eigenvalue weighted by atomic mass is 79.9. The number of pyridine rings is 1. The molecule has 0 aliphatic heterocycles. The topological polar surface area (TPSA) is 93.3 Å². The van der Waals surface area contributed by atoms with Gasteiger partial charge >= 0.3 is 5.97 Å². The largest absolute Gasteiger partial charge is 0.478 e. The van der Waals surface area contributed by atoms with E-state index in [1.807, 2.05) is 0 Å². The second-order valence-corrected chi connectivity index (χ2v) is 5.64. The summed E-state index contributed by atoms with van der Waals surface area (Å²) in [4.78, 5) is 25.7. The second-order valence-electron chi connectivity index (χ2n) is 3.66. The van der Waals surface area contributed by atoms with Crippen molar-refractivity contribution in [3.63, 3.8) is 0 Å². The first-order valence-electron chi connectivity index (χ1n) is 5.28. The smallest absolute Gasteiger partial charge is 0.335 e. The van der Waals surface area contributed by atoms with E-state index in [0.717, 1.165) is 16.2 Å². The van der Waals surface area contributed by atoms with Crippen LogP contribution in [0.15, 0.2) is 50.9 Å². The fraction of sp³-hybridized carbons (Fsp3) is 0. The predicted molar refractivity (Wildman–Crippen MR) is 76.1 cm³/mol. The molecule has 6 nitrogen and oxygen atoms in total. The Morgan fingerprint density at radius 2 is 2.10 bits per heavy atom. The minimum absolute atomic E-state index is 0.00443. The molecule has 0 atom stereocenters. The zero-order valence-corrected chi connectivity index (χ0v) is 12.2. The van der Waals surface area contributed by atoms with Crippen molar-refractivity contribution >= 4 is 39.3 Å². The first-order chi connectivity index (χ1) is 9.47. The van der Waals surface area contributed by atoms with Crippen LogP contribution in [0, 0.1) is 10.1 Å². The Bertz CT molecular complexity index is 676. The molecule has 0 aliphatic rings. The molecule has 0 spiro atoms. The summed E-state index contributed by atoms with van der Waals surface area (Å²) >= 11 is 4.29. The molecule has 0 unspecified atom stereocenters. The lowest BCUT2D eigenvalue weighted by Gasteiger charge is -2.04. The highest BCUT2D eigenvalue weighted by Crippen LogP contribution is 2.34. The third kappa shape index (κ3) is 3.34. The molecule has 1 heterocycles. The summed E-state index contributed by atoms with van der Waals surface area (Å²) in [5.41, 5.74) is -0.153. The number of nitro groups is 1. The summed E-state index contributed by atoms with van der Waals surface area (Å²) in [6, 6.07) is 7.10. The van der Waals surface area contributed by atoms with Crippen LogP contribution in [0.25, 0.3) is 0 Å². The fourth-order valence-corrected chi connectivity index (χ4v) is 2.55. The van der Waals surface area contributed by atoms with Crippen molar-refractivity contribution in [1.82, 2.24) is 4.98 Å². The number of carboxylic acids is 1. The van der Waals surface area contributed by atoms with Crippen molar-refractivity contribution in [1.29, 1.82) is 0 Å². The molecule has 8 heteroatoms. The van der Waals surface area contributed by atoms with Gasteiger partial charge in [-0.2, -0.15) is 0 Å². The predicted octanol–water partition coefficient (Wildman–Crippen LogP) is 3.60. The summed E-state index contributed by atoms with van der Waals surface area (Å²) in [7, 11) is 0. The van der Waals surface area contributed by atoms with Gasteiger partial charge in [0.2, 0.25) is 0 Å². The quantitative estimate of drug-likeness (QED) is 0.665. The van der Waals surface area contributed by atoms with E-state index in [-0.39, 0.29) is 16.1 Å². The molecule has 2 rings (SSSR count). The minimum atomic E-state index is -1.13. The van der Waals surface area contributed by atoms with E-state index in [9.17, 15) is 14.9 Å². The average molecular weight is 355 g/mol. The van der Waals surface area contributed by atoms with Crippen LogP contribution in [-0.4, -0.2) is 21.0 Å². The van der Waals surface area contributed by atoms with Crippen LogP contribution in [0.4, 0.5) is 5.69 Å². The molecule has 0 bridgehead atoms. The second kappa shape index (κ2) is 6.02. The zero-order valence-electron chi connectivity index (χ0n) is 9.82. The Morgan fingerprint density at radius 3 is 2.65 bits per heavy atom. The normalized spacial score (nSPS) is 10.2. The molecule has 0 saturated heterocycles. The summed E-state index contributed by atoms with van der Waals surface area (Å²) < 4.78 is 0.788. The van der Waals surface area contributed by atoms with Gasteiger partial charge in [0, 0.05) is 16.7 Å². The van der Waals surface area contributed by atoms with E-state index in [1.165, 1.54) is 18.2 Å². The standard InChI is InChI=1S/C12H7BrN2O4S/c13-8-2-4-11(14-6-8)20-10-5-7(12(16)17)1-3-9(10)15(18)19/h1-6H,(H,16,17). The van der Waals surface area contributed by atoms with Gasteiger partial charge in [0.15, 0.2) is 0 Å². The molecule has 0 radical (unpaired) electrons. The van der Waals surface area contributed by atoms with Crippen molar-refractivity contribution in [2.75, 3.05) is 0 Å². The Labute approximate surface area is 126 Å². The van der Waals surface area contributed by atoms with Gasteiger partial charge in [-0.25, -0.2) is 9.78 Å². The van der Waals surface area contributed by atoms with Crippen LogP contribution in [0.3, 0.4) is 0 Å². The van der Waals surface area contributed by atoms with Crippen LogP contribution in [0.5, 0.6) is 0 Å². The van der Waals surface area contributed by atoms with Gasteiger partial charge in [-0.05, 0) is 40.2 Å². The van der Waals surface area contributed by atoms with Crippen LogP contribution < -0.4 is 0 Å². The Morgan fingerprint density at radius 1 is 1.35 bits per heavy atom. The van der Waals surface area contributed by atoms with Gasteiger partial charge in [-0.15, -0.1) is 0 Å². The fourth-order valence-electron chi connectivity index (χ4n) is 1.42. The number of hydrogen-bond acceptors (Lipinski definition) is 5. The number of carbonyl (C=O) groups is 1. The molecular weight excluding hydrogens is 348 g/mol. The molecule has 2 aromatic rings. The molecule has 20 heavy (non-hydrogen) atoms. The number of carboxylic acid groups (broad SMARTS) is 1. The van der Waals surface area contributed by atoms with Crippen LogP contribution >= 0.6 is 27.7 Å². The highest BCUT2D eigenvalue weighted by molar-refractivity contribution is 9.10. The van der Waals surface area contributed by atoms with Crippen molar-refractivity contribution < 1.29 is 14.8 Å². The van der Waals surface area contributed by atoms with Gasteiger partial charge in [0.25, 0.3) is 5.69 Å². The maximum Gasteiger partial charge on any atom is 0.335 e. The first kappa shape index (κ1) is 14.5. The number of benzene rings is 1. The molecule has 0 saturated carbocycles. The number of nitrogens with zero attached hydrogens (tertiary/aromatic N) is 2. The minimum Gasteiger partial charge on any atom is -0.478 e. The molecule has 1 aromatic heterocycles. The van der Waals surface area contributed by atoms with Crippen LogP contribution in [-0.2, 0) is 0 Å². The molecule has 0 fully saturated rings. The third-order valence-corrected chi connectivity index (χ3v) is 3.78. The number of rotatable bonds is 4. The number of nitro benzene ring substituents is 1. The lowest BCUT2D eigenvalue weighted by Crippen LogP contribution is -1.98. The highest BCUT2D eigenvalue weighted by Gasteiger charge is 2.18. The van der Waals surface area contributed by atoms with Gasteiger partial charge in [0.1, 0.15) is 5.03 Å². The lowest BCUT2D eigenvalue weighted by molar-refractivity contribution is -0.387. The molecule has 1 aromatic carbocycles. The number of halogens is 1. The summed E-state index contributed by atoms with van der Waals surface area (Å²) in [5, 5.41) is 20.4. The molecular formula is C12H7BrN2O4S. The van der Waals surface area contributed by atoms with Crippen molar-refractivity contribution in [2.24, 2.45) is 0 Å². The Balaban J connectivity index is 2.41. The number of hydrogen-bond donors (Lipinski definition) is 1. The number of aromatic nitrogens is 1. The average Bonchev–Trinajstić information content (AvgIpc) is 2.41. The van der Waals surface area contributed by atoms with E-state index >= 15 is 0 Å². The third-order valence-electron chi connectivity index (χ3n) is 2.32. The van der Waals surface area contributed by atoms with E-state index in [4.69, 9.17) is 5.11 Å². The van der Waals surface area contributed by atoms with E-state index < -0.39 is 10.9 Å². The SMILES string of the molecule is O=C(O)c1ccc([N+](=O)[O-])c(Sc2ccc(Br)cn2)c1. The summed E-state index contributed by atoms with van der Waals surface area (Å²) in [6.07, 6.45) is 1.56. The first-order valence-corrected chi connectivity index (χ1v) is 6.89. The van der Waals surface area contributed by atoms with Gasteiger partial charge in [-0.3, -0.25) is 10.1 Å². The monoisotopic (exact) mass is 354 g/mol. The summed E-state index contributed by atoms with van der Waals surface area (Å²) in [6.45, 7) is 0. The molecule has 1 N–H and O–H groups in total. The van der Waals surface area contributed by atoms with Crippen LogP contribution in [0.2, 0.25) is 0 Å². The van der Waals surface area contributed by atoms with Crippen molar-refractivity contribution in [3.8, 4) is 0 Å². The van der Waals surface area contributed by atoms with Crippen molar-refractivity contribution in [2.45, 2.75) is 9.92 Å². The Kier molecular flexibility index (Phi) is 4.35. The Hall–Kier alpha value is -1.93. The van der Waals surface area contributed by atoms with Crippen molar-refractivity contribution in [3.05, 3.63) is 56.7 Å². The van der Waals surface area contributed by atoms with Gasteiger partial charge < -0.3 is 5.11 Å². The zero-order chi connectivity index (χ0) is 14.7. The summed E-state index contributed by atoms with van der Waals surface area (Å²) in [5.74, 6) is -1.13. The van der Waals surface area contributed by atoms with Gasteiger partial charge in [-0.1, -0.05) is 11.8 Å². The van der Waals surface area contributed by atoms with E-state index in [2.05, 4.69) is 20.9 Å². The molecule has 0 amide bonds. The maximum absolute atomic E-state index is 11.0. The number of aromatic carboxylic acids is 1. The van der Waals surface area contributed by atoms with E-state index in [0.29, 0.717) is 5.03 Å². The molecule has 0 aliphatic carbocycles. The van der Waals surface area contributed by atoms with E-state index in [1.54, 1.807) is 18.3 Å². The van der Waals surface area contributed by atoms with Crippen LogP contribution in [0.1, 0.15) is 10.4 Å². The lowest BCUT2D eigenvalue weighted by atomic mass is 10.2.